The van der Waals surface area contributed by atoms with Crippen molar-refractivity contribution < 1.29 is 9.59 Å². The predicted octanol–water partition coefficient (Wildman–Crippen LogP) is 3.43. The molecule has 2 aromatic carbocycles. The smallest absolute Gasteiger partial charge is 0.319 e. The molecule has 136 valence electrons. The second-order valence-corrected chi connectivity index (χ2v) is 5.65. The highest BCUT2D eigenvalue weighted by atomic mass is 16.2. The van der Waals surface area contributed by atoms with Crippen LogP contribution >= 0.6 is 0 Å². The van der Waals surface area contributed by atoms with Gasteiger partial charge in [0.1, 0.15) is 0 Å². The van der Waals surface area contributed by atoms with Crippen LogP contribution in [0.15, 0.2) is 79.6 Å². The van der Waals surface area contributed by atoms with Gasteiger partial charge in [0.2, 0.25) is 0 Å². The number of carbonyl (C=O) groups is 2. The molecule has 1 aromatic heterocycles. The van der Waals surface area contributed by atoms with Crippen molar-refractivity contribution in [2.45, 2.75) is 0 Å². The molecule has 0 aliphatic rings. The van der Waals surface area contributed by atoms with E-state index < -0.39 is 0 Å². The Bertz CT molecular complexity index is 916. The number of nitrogens with zero attached hydrogens (tertiary/aromatic N) is 2. The highest BCUT2D eigenvalue weighted by Gasteiger charge is 2.07. The fourth-order valence-corrected chi connectivity index (χ4v) is 2.37. The first kappa shape index (κ1) is 17.9. The lowest BCUT2D eigenvalue weighted by Gasteiger charge is -2.09. The van der Waals surface area contributed by atoms with Crippen LogP contribution in [0.5, 0.6) is 0 Å². The summed E-state index contributed by atoms with van der Waals surface area (Å²) >= 11 is 0. The summed E-state index contributed by atoms with van der Waals surface area (Å²) in [6.07, 6.45) is 5.13. The van der Waals surface area contributed by atoms with Crippen molar-refractivity contribution >= 4 is 23.3 Å². The summed E-state index contributed by atoms with van der Waals surface area (Å²) in [5, 5.41) is 12.3. The summed E-state index contributed by atoms with van der Waals surface area (Å²) in [6.45, 7) is 3.92. The molecule has 0 saturated carbocycles. The second-order valence-electron chi connectivity index (χ2n) is 5.65. The topological polar surface area (TPSA) is 88.0 Å². The van der Waals surface area contributed by atoms with Crippen LogP contribution in [0.4, 0.5) is 16.2 Å². The maximum Gasteiger partial charge on any atom is 0.319 e. The van der Waals surface area contributed by atoms with Gasteiger partial charge in [0.05, 0.1) is 5.69 Å². The van der Waals surface area contributed by atoms with E-state index in [2.05, 4.69) is 27.6 Å². The first-order valence-electron chi connectivity index (χ1n) is 8.33. The lowest BCUT2D eigenvalue weighted by atomic mass is 10.2. The zero-order valence-electron chi connectivity index (χ0n) is 14.6. The molecular weight excluding hydrogens is 342 g/mol. The Balaban J connectivity index is 1.59. The van der Waals surface area contributed by atoms with Gasteiger partial charge in [0.15, 0.2) is 0 Å². The summed E-state index contributed by atoms with van der Waals surface area (Å²) in [4.78, 5) is 24.0. The second kappa shape index (κ2) is 8.48. The Morgan fingerprint density at radius 2 is 1.67 bits per heavy atom. The van der Waals surface area contributed by atoms with E-state index >= 15 is 0 Å². The molecule has 3 N–H and O–H groups in total. The summed E-state index contributed by atoms with van der Waals surface area (Å²) in [5.74, 6) is -0.216. The van der Waals surface area contributed by atoms with Crippen LogP contribution in [0.3, 0.4) is 0 Å². The van der Waals surface area contributed by atoms with Crippen LogP contribution in [0.25, 0.3) is 5.69 Å². The van der Waals surface area contributed by atoms with Crippen molar-refractivity contribution in [1.29, 1.82) is 0 Å². The molecule has 0 atom stereocenters. The molecule has 27 heavy (non-hydrogen) atoms. The van der Waals surface area contributed by atoms with Crippen molar-refractivity contribution in [3.63, 3.8) is 0 Å². The van der Waals surface area contributed by atoms with Crippen molar-refractivity contribution in [2.24, 2.45) is 0 Å². The number of urea groups is 1. The fourth-order valence-electron chi connectivity index (χ4n) is 2.37. The Morgan fingerprint density at radius 3 is 2.26 bits per heavy atom. The van der Waals surface area contributed by atoms with E-state index in [1.807, 2.05) is 24.4 Å². The van der Waals surface area contributed by atoms with Crippen molar-refractivity contribution in [2.75, 3.05) is 17.2 Å². The zero-order valence-corrected chi connectivity index (χ0v) is 14.6. The molecule has 7 heteroatoms. The summed E-state index contributed by atoms with van der Waals surface area (Å²) in [5.41, 5.74) is 2.67. The van der Waals surface area contributed by atoms with E-state index in [1.165, 1.54) is 0 Å². The number of carbonyl (C=O) groups excluding carboxylic acids is 2. The molecule has 0 unspecified atom stereocenters. The van der Waals surface area contributed by atoms with Gasteiger partial charge in [0, 0.05) is 35.9 Å². The van der Waals surface area contributed by atoms with Gasteiger partial charge in [-0.25, -0.2) is 9.48 Å². The molecule has 0 fully saturated rings. The van der Waals surface area contributed by atoms with Crippen molar-refractivity contribution in [3.8, 4) is 5.69 Å². The van der Waals surface area contributed by atoms with Gasteiger partial charge in [-0.2, -0.15) is 5.10 Å². The van der Waals surface area contributed by atoms with E-state index in [4.69, 9.17) is 0 Å². The number of hydrogen-bond acceptors (Lipinski definition) is 3. The van der Waals surface area contributed by atoms with Crippen LogP contribution < -0.4 is 16.0 Å². The quantitative estimate of drug-likeness (QED) is 0.588. The van der Waals surface area contributed by atoms with Gasteiger partial charge in [-0.15, -0.1) is 6.58 Å². The third-order valence-corrected chi connectivity index (χ3v) is 3.71. The third kappa shape index (κ3) is 4.82. The largest absolute Gasteiger partial charge is 0.334 e. The first-order chi connectivity index (χ1) is 13.2. The molecule has 7 nitrogen and oxygen atoms in total. The minimum Gasteiger partial charge on any atom is -0.334 e. The van der Waals surface area contributed by atoms with Gasteiger partial charge >= 0.3 is 6.03 Å². The molecule has 3 amide bonds. The minimum absolute atomic E-state index is 0.216. The molecule has 0 aliphatic carbocycles. The number of hydrogen-bond donors (Lipinski definition) is 3. The van der Waals surface area contributed by atoms with E-state index in [9.17, 15) is 9.59 Å². The molecule has 0 saturated heterocycles. The van der Waals surface area contributed by atoms with Crippen LogP contribution in [-0.4, -0.2) is 28.3 Å². The minimum atomic E-state index is -0.316. The summed E-state index contributed by atoms with van der Waals surface area (Å²) < 4.78 is 1.72. The monoisotopic (exact) mass is 361 g/mol. The SMILES string of the molecule is C=CCNC(=O)Nc1ccc(NC(=O)c2ccc(-n3cccn3)cc2)cc1. The highest BCUT2D eigenvalue weighted by molar-refractivity contribution is 6.04. The van der Waals surface area contributed by atoms with Crippen molar-refractivity contribution in [3.05, 3.63) is 85.2 Å². The van der Waals surface area contributed by atoms with Gasteiger partial charge < -0.3 is 16.0 Å². The number of rotatable bonds is 6. The molecule has 0 bridgehead atoms. The van der Waals surface area contributed by atoms with Crippen molar-refractivity contribution in [1.82, 2.24) is 15.1 Å². The molecule has 0 radical (unpaired) electrons. The van der Waals surface area contributed by atoms with Gasteiger partial charge in [-0.05, 0) is 54.6 Å². The molecule has 3 rings (SSSR count). The Kier molecular flexibility index (Phi) is 5.64. The molecule has 0 spiro atoms. The lowest BCUT2D eigenvalue weighted by molar-refractivity contribution is 0.102. The van der Waals surface area contributed by atoms with E-state index in [1.54, 1.807) is 53.4 Å². The Labute approximate surface area is 156 Å². The highest BCUT2D eigenvalue weighted by Crippen LogP contribution is 2.15. The normalized spacial score (nSPS) is 10.1. The number of anilines is 2. The predicted molar refractivity (Wildman–Crippen MR) is 105 cm³/mol. The Morgan fingerprint density at radius 1 is 1.00 bits per heavy atom. The lowest BCUT2D eigenvalue weighted by Crippen LogP contribution is -2.28. The maximum atomic E-state index is 12.4. The van der Waals surface area contributed by atoms with Crippen LogP contribution in [0.2, 0.25) is 0 Å². The van der Waals surface area contributed by atoms with Gasteiger partial charge in [-0.1, -0.05) is 6.08 Å². The first-order valence-corrected chi connectivity index (χ1v) is 8.33. The third-order valence-electron chi connectivity index (χ3n) is 3.71. The van der Waals surface area contributed by atoms with E-state index in [-0.39, 0.29) is 11.9 Å². The molecule has 1 heterocycles. The molecule has 0 aliphatic heterocycles. The fraction of sp³-hybridized carbons (Fsp3) is 0.0500. The van der Waals surface area contributed by atoms with E-state index in [0.717, 1.165) is 5.69 Å². The maximum absolute atomic E-state index is 12.4. The molecular formula is C20H19N5O2. The number of amides is 3. The van der Waals surface area contributed by atoms with Crippen LogP contribution in [0.1, 0.15) is 10.4 Å². The van der Waals surface area contributed by atoms with E-state index in [0.29, 0.717) is 23.5 Å². The zero-order chi connectivity index (χ0) is 19.1. The summed E-state index contributed by atoms with van der Waals surface area (Å²) in [6, 6.07) is 15.5. The van der Waals surface area contributed by atoms with Gasteiger partial charge in [-0.3, -0.25) is 4.79 Å². The van der Waals surface area contributed by atoms with Gasteiger partial charge in [0.25, 0.3) is 5.91 Å². The average molecular weight is 361 g/mol. The Hall–Kier alpha value is -3.87. The number of nitrogens with one attached hydrogen (secondary N) is 3. The number of aromatic nitrogens is 2. The molecule has 3 aromatic rings. The summed E-state index contributed by atoms with van der Waals surface area (Å²) in [7, 11) is 0. The van der Waals surface area contributed by atoms with Crippen LogP contribution in [-0.2, 0) is 0 Å². The average Bonchev–Trinajstić information content (AvgIpc) is 3.23. The standard InChI is InChI=1S/C20H19N5O2/c1-2-12-21-20(27)24-17-8-6-16(7-9-17)23-19(26)15-4-10-18(11-5-15)25-14-3-13-22-25/h2-11,13-14H,1,12H2,(H,23,26)(H2,21,24,27). The number of benzene rings is 2. The van der Waals surface area contributed by atoms with Crippen LogP contribution in [0, 0.1) is 0 Å².